The van der Waals surface area contributed by atoms with Crippen LogP contribution >= 0.6 is 11.6 Å². The molecular formula is C22H20ClFN6O. The summed E-state index contributed by atoms with van der Waals surface area (Å²) in [6, 6.07) is 6.18. The lowest BCUT2D eigenvalue weighted by Crippen LogP contribution is -2.52. The van der Waals surface area contributed by atoms with Gasteiger partial charge in [-0.05, 0) is 43.4 Å². The molecule has 1 saturated heterocycles. The van der Waals surface area contributed by atoms with Crippen molar-refractivity contribution in [3.8, 4) is 11.4 Å². The predicted octanol–water partition coefficient (Wildman–Crippen LogP) is 3.83. The molecule has 2 fully saturated rings. The van der Waals surface area contributed by atoms with Crippen LogP contribution in [0.2, 0.25) is 5.02 Å². The van der Waals surface area contributed by atoms with Gasteiger partial charge in [-0.2, -0.15) is 0 Å². The molecule has 2 atom stereocenters. The van der Waals surface area contributed by atoms with E-state index >= 15 is 0 Å². The Morgan fingerprint density at radius 3 is 2.71 bits per heavy atom. The maximum Gasteiger partial charge on any atom is 0.255 e. The van der Waals surface area contributed by atoms with Crippen LogP contribution in [0, 0.1) is 11.7 Å². The van der Waals surface area contributed by atoms with Crippen LogP contribution in [0.25, 0.3) is 11.4 Å². The lowest BCUT2D eigenvalue weighted by Gasteiger charge is -2.39. The summed E-state index contributed by atoms with van der Waals surface area (Å²) in [4.78, 5) is 32.3. The standard InChI is InChI=1S/C22H20ClFN6O/c23-15-10-27-21(28-11-15)29-13-22-6-5-14(9-22)12-30(22)20(31)16-3-1-4-17(24)18(16)19-25-7-2-8-26-19/h1-4,7-8,10-11,14H,5-6,9,12-13H2,(H,27,28,29). The molecular weight excluding hydrogens is 419 g/mol. The number of aromatic nitrogens is 4. The van der Waals surface area contributed by atoms with Crippen molar-refractivity contribution in [2.45, 2.75) is 24.8 Å². The number of anilines is 1. The Balaban J connectivity index is 1.45. The van der Waals surface area contributed by atoms with Gasteiger partial charge >= 0.3 is 0 Å². The van der Waals surface area contributed by atoms with E-state index in [4.69, 9.17) is 11.6 Å². The quantitative estimate of drug-likeness (QED) is 0.651. The molecule has 3 aromatic rings. The first kappa shape index (κ1) is 19.8. The van der Waals surface area contributed by atoms with Crippen molar-refractivity contribution in [3.63, 3.8) is 0 Å². The van der Waals surface area contributed by atoms with Crippen LogP contribution in [0.15, 0.2) is 49.1 Å². The minimum absolute atomic E-state index is 0.139. The molecule has 5 rings (SSSR count). The van der Waals surface area contributed by atoms with Gasteiger partial charge in [0.25, 0.3) is 5.91 Å². The molecule has 2 aromatic heterocycles. The number of fused-ring (bicyclic) bond motifs is 2. The van der Waals surface area contributed by atoms with E-state index in [1.165, 1.54) is 18.5 Å². The number of hydrogen-bond donors (Lipinski definition) is 1. The maximum atomic E-state index is 14.8. The topological polar surface area (TPSA) is 83.9 Å². The highest BCUT2D eigenvalue weighted by molar-refractivity contribution is 6.30. The number of likely N-dealkylation sites (tertiary alicyclic amines) is 1. The molecule has 9 heteroatoms. The number of carbonyl (C=O) groups excluding carboxylic acids is 1. The molecule has 2 aliphatic rings. The van der Waals surface area contributed by atoms with Crippen LogP contribution in [-0.2, 0) is 0 Å². The number of halogens is 2. The van der Waals surface area contributed by atoms with Gasteiger partial charge in [0.1, 0.15) is 5.82 Å². The maximum absolute atomic E-state index is 14.8. The molecule has 1 aliphatic heterocycles. The Morgan fingerprint density at radius 2 is 1.97 bits per heavy atom. The zero-order chi connectivity index (χ0) is 21.4. The van der Waals surface area contributed by atoms with Gasteiger partial charge < -0.3 is 10.2 Å². The first-order chi connectivity index (χ1) is 15.1. The molecule has 158 valence electrons. The van der Waals surface area contributed by atoms with E-state index < -0.39 is 5.82 Å². The van der Waals surface area contributed by atoms with E-state index in [0.717, 1.165) is 19.3 Å². The van der Waals surface area contributed by atoms with E-state index in [1.807, 2.05) is 4.90 Å². The fourth-order valence-corrected chi connectivity index (χ4v) is 4.87. The number of amides is 1. The normalized spacial score (nSPS) is 22.0. The number of nitrogens with zero attached hydrogens (tertiary/aromatic N) is 5. The van der Waals surface area contributed by atoms with Crippen molar-refractivity contribution in [3.05, 3.63) is 65.5 Å². The van der Waals surface area contributed by atoms with Gasteiger partial charge in [-0.1, -0.05) is 17.7 Å². The van der Waals surface area contributed by atoms with Crippen molar-refractivity contribution in [2.24, 2.45) is 5.92 Å². The predicted molar refractivity (Wildman–Crippen MR) is 114 cm³/mol. The number of carbonyl (C=O) groups is 1. The summed E-state index contributed by atoms with van der Waals surface area (Å²) in [5.41, 5.74) is 0.0483. The molecule has 3 heterocycles. The number of piperidine rings is 1. The first-order valence-electron chi connectivity index (χ1n) is 10.1. The van der Waals surface area contributed by atoms with Gasteiger partial charge in [-0.3, -0.25) is 4.79 Å². The van der Waals surface area contributed by atoms with Crippen LogP contribution in [0.4, 0.5) is 10.3 Å². The van der Waals surface area contributed by atoms with Gasteiger partial charge in [0, 0.05) is 25.5 Å². The smallest absolute Gasteiger partial charge is 0.255 e. The second-order valence-electron chi connectivity index (χ2n) is 8.06. The third-order valence-corrected chi connectivity index (χ3v) is 6.37. The fourth-order valence-electron chi connectivity index (χ4n) is 4.77. The third kappa shape index (κ3) is 3.61. The SMILES string of the molecule is O=C(c1cccc(F)c1-c1ncccn1)N1CC2CCC1(CNc1ncc(Cl)cn1)C2. The number of nitrogens with one attached hydrogen (secondary N) is 1. The summed E-state index contributed by atoms with van der Waals surface area (Å²) < 4.78 is 14.8. The minimum Gasteiger partial charge on any atom is -0.352 e. The molecule has 7 nitrogen and oxygen atoms in total. The lowest BCUT2D eigenvalue weighted by atomic mass is 9.94. The van der Waals surface area contributed by atoms with Crippen LogP contribution in [0.3, 0.4) is 0 Å². The van der Waals surface area contributed by atoms with Crippen molar-refractivity contribution in [1.82, 2.24) is 24.8 Å². The third-order valence-electron chi connectivity index (χ3n) is 6.17. The highest BCUT2D eigenvalue weighted by Gasteiger charge is 2.52. The van der Waals surface area contributed by atoms with Crippen LogP contribution in [-0.4, -0.2) is 49.4 Å². The average Bonchev–Trinajstić information content (AvgIpc) is 3.37. The summed E-state index contributed by atoms with van der Waals surface area (Å²) in [7, 11) is 0. The van der Waals surface area contributed by atoms with E-state index in [0.29, 0.717) is 30.0 Å². The van der Waals surface area contributed by atoms with Gasteiger partial charge in [-0.15, -0.1) is 0 Å². The summed E-state index contributed by atoms with van der Waals surface area (Å²) in [5.74, 6) is 0.383. The van der Waals surface area contributed by atoms with Crippen LogP contribution in [0.5, 0.6) is 0 Å². The fraction of sp³-hybridized carbons (Fsp3) is 0.318. The number of benzene rings is 1. The molecule has 1 N–H and O–H groups in total. The molecule has 0 radical (unpaired) electrons. The summed E-state index contributed by atoms with van der Waals surface area (Å²) in [5, 5.41) is 3.71. The van der Waals surface area contributed by atoms with Gasteiger partial charge in [-0.25, -0.2) is 24.3 Å². The zero-order valence-corrected chi connectivity index (χ0v) is 17.4. The molecule has 31 heavy (non-hydrogen) atoms. The van der Waals surface area contributed by atoms with Gasteiger partial charge in [0.05, 0.1) is 34.1 Å². The Hall–Kier alpha value is -3.13. The van der Waals surface area contributed by atoms with Gasteiger partial charge in [0.15, 0.2) is 5.82 Å². The van der Waals surface area contributed by atoms with E-state index in [9.17, 15) is 9.18 Å². The van der Waals surface area contributed by atoms with E-state index in [1.54, 1.807) is 30.6 Å². The minimum atomic E-state index is -0.511. The molecule has 0 spiro atoms. The highest BCUT2D eigenvalue weighted by atomic mass is 35.5. The second-order valence-corrected chi connectivity index (χ2v) is 8.50. The second kappa shape index (κ2) is 7.85. The first-order valence-corrected chi connectivity index (χ1v) is 10.5. The van der Waals surface area contributed by atoms with Crippen molar-refractivity contribution < 1.29 is 9.18 Å². The average molecular weight is 439 g/mol. The number of rotatable bonds is 5. The Bertz CT molecular complexity index is 1110. The van der Waals surface area contributed by atoms with Gasteiger partial charge in [0.2, 0.25) is 5.95 Å². The molecule has 2 unspecified atom stereocenters. The summed E-state index contributed by atoms with van der Waals surface area (Å²) >= 11 is 5.86. The molecule has 2 bridgehead atoms. The summed E-state index contributed by atoms with van der Waals surface area (Å²) in [6.07, 6.45) is 8.97. The zero-order valence-electron chi connectivity index (χ0n) is 16.6. The van der Waals surface area contributed by atoms with Crippen LogP contribution < -0.4 is 5.32 Å². The monoisotopic (exact) mass is 438 g/mol. The van der Waals surface area contributed by atoms with Crippen molar-refractivity contribution in [1.29, 1.82) is 0 Å². The Morgan fingerprint density at radius 1 is 1.19 bits per heavy atom. The van der Waals surface area contributed by atoms with E-state index in [-0.39, 0.29) is 28.4 Å². The van der Waals surface area contributed by atoms with Crippen molar-refractivity contribution in [2.75, 3.05) is 18.4 Å². The Labute approximate surface area is 183 Å². The Kier molecular flexibility index (Phi) is 5.02. The van der Waals surface area contributed by atoms with Crippen molar-refractivity contribution >= 4 is 23.5 Å². The molecule has 1 amide bonds. The summed E-state index contributed by atoms with van der Waals surface area (Å²) in [6.45, 7) is 1.16. The van der Waals surface area contributed by atoms with Crippen LogP contribution in [0.1, 0.15) is 29.6 Å². The molecule has 1 aliphatic carbocycles. The molecule has 1 aromatic carbocycles. The van der Waals surface area contributed by atoms with E-state index in [2.05, 4.69) is 25.3 Å². The number of hydrogen-bond acceptors (Lipinski definition) is 6. The molecule has 1 saturated carbocycles. The lowest BCUT2D eigenvalue weighted by molar-refractivity contribution is 0.0567. The largest absolute Gasteiger partial charge is 0.352 e. The highest BCUT2D eigenvalue weighted by Crippen LogP contribution is 2.47.